The van der Waals surface area contributed by atoms with Crippen molar-refractivity contribution in [2.24, 2.45) is 5.41 Å². The van der Waals surface area contributed by atoms with E-state index in [1.54, 1.807) is 12.1 Å². The van der Waals surface area contributed by atoms with Gasteiger partial charge in [0.2, 0.25) is 11.8 Å². The number of anilines is 1. The van der Waals surface area contributed by atoms with Crippen LogP contribution in [0.3, 0.4) is 0 Å². The minimum atomic E-state index is -0.713. The van der Waals surface area contributed by atoms with Crippen LogP contribution in [0.5, 0.6) is 0 Å². The highest BCUT2D eigenvalue weighted by atomic mass is 16.2. The summed E-state index contributed by atoms with van der Waals surface area (Å²) in [4.78, 5) is 51.6. The number of likely N-dealkylation sites (N-methyl/N-ethyl adjacent to an activating group) is 1. The number of aldehydes is 1. The molecule has 3 saturated heterocycles. The molecule has 0 aliphatic carbocycles. The van der Waals surface area contributed by atoms with Crippen molar-refractivity contribution in [2.75, 3.05) is 38.1 Å². The molecule has 8 nitrogen and oxygen atoms in total. The highest BCUT2D eigenvalue weighted by Gasteiger charge is 2.43. The van der Waals surface area contributed by atoms with Crippen molar-refractivity contribution in [3.05, 3.63) is 29.3 Å². The van der Waals surface area contributed by atoms with Gasteiger partial charge in [-0.15, -0.1) is 0 Å². The molecule has 1 atom stereocenters. The van der Waals surface area contributed by atoms with Crippen LogP contribution in [0.2, 0.25) is 0 Å². The molecule has 2 N–H and O–H groups in total. The first kappa shape index (κ1) is 22.9. The molecule has 168 valence electrons. The number of imide groups is 1. The normalized spacial score (nSPS) is 22.0. The molecule has 1 spiro atoms. The van der Waals surface area contributed by atoms with Gasteiger partial charge in [-0.2, -0.15) is 0 Å². The van der Waals surface area contributed by atoms with Gasteiger partial charge in [-0.05, 0) is 50.6 Å². The molecule has 0 aromatic heterocycles. The van der Waals surface area contributed by atoms with E-state index >= 15 is 0 Å². The van der Waals surface area contributed by atoms with Crippen LogP contribution in [0.4, 0.5) is 5.69 Å². The van der Waals surface area contributed by atoms with E-state index in [4.69, 9.17) is 0 Å². The van der Waals surface area contributed by atoms with E-state index in [2.05, 4.69) is 15.5 Å². The third kappa shape index (κ3) is 4.63. The summed E-state index contributed by atoms with van der Waals surface area (Å²) in [5.74, 6) is -1.20. The lowest BCUT2D eigenvalue weighted by Gasteiger charge is -2.53. The summed E-state index contributed by atoms with van der Waals surface area (Å²) >= 11 is 0. The van der Waals surface area contributed by atoms with Crippen molar-refractivity contribution in [1.82, 2.24) is 15.5 Å². The molecule has 31 heavy (non-hydrogen) atoms. The van der Waals surface area contributed by atoms with E-state index < -0.39 is 17.9 Å². The molecule has 1 aromatic carbocycles. The van der Waals surface area contributed by atoms with Crippen LogP contribution >= 0.6 is 0 Å². The number of rotatable bonds is 4. The van der Waals surface area contributed by atoms with Crippen molar-refractivity contribution >= 4 is 29.7 Å². The fourth-order valence-corrected chi connectivity index (χ4v) is 4.64. The Morgan fingerprint density at radius 2 is 1.87 bits per heavy atom. The molecule has 1 unspecified atom stereocenters. The number of carbonyl (C=O) groups excluding carboxylic acids is 4. The van der Waals surface area contributed by atoms with Crippen LogP contribution in [0.25, 0.3) is 0 Å². The Morgan fingerprint density at radius 1 is 1.19 bits per heavy atom. The SMILES string of the molecule is CC.CN(C(=O)c1ccc(N2CC3(CCNCC3)C2)cc1C=O)C1CCC(=O)NC1=O. The molecule has 0 bridgehead atoms. The lowest BCUT2D eigenvalue weighted by atomic mass is 9.72. The van der Waals surface area contributed by atoms with E-state index in [1.165, 1.54) is 11.9 Å². The molecule has 0 saturated carbocycles. The molecular weight excluding hydrogens is 396 g/mol. The van der Waals surface area contributed by atoms with E-state index in [0.717, 1.165) is 44.7 Å². The number of hydrogen-bond acceptors (Lipinski definition) is 6. The van der Waals surface area contributed by atoms with Gasteiger partial charge in [0.25, 0.3) is 5.91 Å². The van der Waals surface area contributed by atoms with Crippen LogP contribution in [0.1, 0.15) is 60.2 Å². The average Bonchev–Trinajstić information content (AvgIpc) is 2.78. The maximum atomic E-state index is 12.9. The summed E-state index contributed by atoms with van der Waals surface area (Å²) in [5.41, 5.74) is 1.90. The number of carbonyl (C=O) groups is 4. The van der Waals surface area contributed by atoms with Gasteiger partial charge in [0.1, 0.15) is 6.04 Å². The Morgan fingerprint density at radius 3 is 2.48 bits per heavy atom. The zero-order chi connectivity index (χ0) is 22.6. The number of nitrogens with zero attached hydrogens (tertiary/aromatic N) is 2. The number of amides is 3. The van der Waals surface area contributed by atoms with E-state index in [0.29, 0.717) is 17.3 Å². The van der Waals surface area contributed by atoms with Crippen molar-refractivity contribution < 1.29 is 19.2 Å². The van der Waals surface area contributed by atoms with Crippen molar-refractivity contribution in [2.45, 2.75) is 45.6 Å². The molecule has 4 rings (SSSR count). The largest absolute Gasteiger partial charge is 0.370 e. The fraction of sp³-hybridized carbons (Fsp3) is 0.565. The first-order chi connectivity index (χ1) is 14.9. The maximum absolute atomic E-state index is 12.9. The van der Waals surface area contributed by atoms with Gasteiger partial charge in [0.15, 0.2) is 6.29 Å². The van der Waals surface area contributed by atoms with Crippen LogP contribution in [0, 0.1) is 5.41 Å². The van der Waals surface area contributed by atoms with Crippen LogP contribution in [0.15, 0.2) is 18.2 Å². The summed E-state index contributed by atoms with van der Waals surface area (Å²) in [6.45, 7) is 8.04. The monoisotopic (exact) mass is 428 g/mol. The molecule has 3 amide bonds. The molecule has 3 heterocycles. The summed E-state index contributed by atoms with van der Waals surface area (Å²) in [6.07, 6.45) is 3.50. The Labute approximate surface area is 183 Å². The van der Waals surface area contributed by atoms with Crippen LogP contribution in [-0.2, 0) is 9.59 Å². The minimum absolute atomic E-state index is 0.194. The summed E-state index contributed by atoms with van der Waals surface area (Å²) in [5, 5.41) is 5.65. The number of nitrogens with one attached hydrogen (secondary N) is 2. The second-order valence-corrected chi connectivity index (χ2v) is 8.38. The smallest absolute Gasteiger partial charge is 0.255 e. The van der Waals surface area contributed by atoms with Gasteiger partial charge in [-0.25, -0.2) is 0 Å². The average molecular weight is 429 g/mol. The topological polar surface area (TPSA) is 98.8 Å². The molecule has 3 fully saturated rings. The Balaban J connectivity index is 0.00000132. The predicted octanol–water partition coefficient (Wildman–Crippen LogP) is 1.59. The number of piperidine rings is 2. The third-order valence-corrected chi connectivity index (χ3v) is 6.47. The van der Waals surface area contributed by atoms with Crippen LogP contribution in [-0.4, -0.2) is 68.2 Å². The molecule has 0 radical (unpaired) electrons. The van der Waals surface area contributed by atoms with Crippen molar-refractivity contribution in [3.8, 4) is 0 Å². The molecule has 3 aliphatic rings. The van der Waals surface area contributed by atoms with Gasteiger partial charge >= 0.3 is 0 Å². The number of hydrogen-bond donors (Lipinski definition) is 2. The minimum Gasteiger partial charge on any atom is -0.370 e. The van der Waals surface area contributed by atoms with E-state index in [-0.39, 0.29) is 24.3 Å². The third-order valence-electron chi connectivity index (χ3n) is 6.47. The predicted molar refractivity (Wildman–Crippen MR) is 118 cm³/mol. The van der Waals surface area contributed by atoms with Gasteiger partial charge in [0, 0.05) is 43.2 Å². The Kier molecular flexibility index (Phi) is 7.10. The standard InChI is InChI=1S/C21H26N4O4.C2H6/c1-24(17-4-5-18(27)23-19(17)28)20(29)16-3-2-15(10-14(16)11-26)25-12-21(13-25)6-8-22-9-7-21;1-2/h2-3,10-11,17,22H,4-9,12-13H2,1H3,(H,23,27,28);1-2H3. The van der Waals surface area contributed by atoms with E-state index in [1.807, 2.05) is 19.9 Å². The second kappa shape index (κ2) is 9.60. The fourth-order valence-electron chi connectivity index (χ4n) is 4.64. The van der Waals surface area contributed by atoms with Gasteiger partial charge in [0.05, 0.1) is 5.56 Å². The lowest BCUT2D eigenvalue weighted by molar-refractivity contribution is -0.136. The van der Waals surface area contributed by atoms with Gasteiger partial charge < -0.3 is 15.1 Å². The molecule has 1 aromatic rings. The van der Waals surface area contributed by atoms with Crippen LogP contribution < -0.4 is 15.5 Å². The Bertz CT molecular complexity index is 855. The van der Waals surface area contributed by atoms with Crippen molar-refractivity contribution in [3.63, 3.8) is 0 Å². The summed E-state index contributed by atoms with van der Waals surface area (Å²) in [6, 6.07) is 4.57. The van der Waals surface area contributed by atoms with E-state index in [9.17, 15) is 19.2 Å². The van der Waals surface area contributed by atoms with Crippen molar-refractivity contribution in [1.29, 1.82) is 0 Å². The zero-order valence-electron chi connectivity index (χ0n) is 18.6. The zero-order valence-corrected chi connectivity index (χ0v) is 18.6. The molecule has 8 heteroatoms. The highest BCUT2D eigenvalue weighted by molar-refractivity contribution is 6.06. The second-order valence-electron chi connectivity index (χ2n) is 8.38. The first-order valence-electron chi connectivity index (χ1n) is 11.1. The maximum Gasteiger partial charge on any atom is 0.255 e. The lowest BCUT2D eigenvalue weighted by Crippen LogP contribution is -2.60. The number of benzene rings is 1. The van der Waals surface area contributed by atoms with Gasteiger partial charge in [-0.3, -0.25) is 24.5 Å². The molecular formula is C23H32N4O4. The quantitative estimate of drug-likeness (QED) is 0.558. The molecule has 3 aliphatic heterocycles. The Hall–Kier alpha value is -2.74. The summed E-state index contributed by atoms with van der Waals surface area (Å²) < 4.78 is 0. The van der Waals surface area contributed by atoms with Gasteiger partial charge in [-0.1, -0.05) is 13.8 Å². The first-order valence-corrected chi connectivity index (χ1v) is 11.1. The highest BCUT2D eigenvalue weighted by Crippen LogP contribution is 2.41. The summed E-state index contributed by atoms with van der Waals surface area (Å²) in [7, 11) is 1.53.